The molecular weight excluding hydrogens is 358 g/mol. The average Bonchev–Trinajstić information content (AvgIpc) is 3.17. The summed E-state index contributed by atoms with van der Waals surface area (Å²) >= 11 is 0. The van der Waals surface area contributed by atoms with E-state index in [1.807, 2.05) is 6.07 Å². The van der Waals surface area contributed by atoms with Crippen LogP contribution in [-0.4, -0.2) is 35.2 Å². The second kappa shape index (κ2) is 6.21. The number of hydrogen-bond acceptors (Lipinski definition) is 5. The highest BCUT2D eigenvalue weighted by Gasteiger charge is 2.35. The lowest BCUT2D eigenvalue weighted by Gasteiger charge is -2.31. The van der Waals surface area contributed by atoms with Crippen molar-refractivity contribution in [1.82, 2.24) is 0 Å². The van der Waals surface area contributed by atoms with E-state index >= 15 is 0 Å². The van der Waals surface area contributed by atoms with Crippen molar-refractivity contribution in [1.29, 1.82) is 0 Å². The van der Waals surface area contributed by atoms with E-state index in [-0.39, 0.29) is 12.8 Å². The van der Waals surface area contributed by atoms with Crippen LogP contribution >= 0.6 is 0 Å². The van der Waals surface area contributed by atoms with Crippen LogP contribution in [-0.2, 0) is 0 Å². The highest BCUT2D eigenvalue weighted by atomic mass is 16.7. The molecule has 0 bridgehead atoms. The van der Waals surface area contributed by atoms with Crippen molar-refractivity contribution in [2.45, 2.75) is 6.04 Å². The Balaban J connectivity index is 1.84. The fraction of sp³-hybridized carbons (Fsp3) is 0.273. The van der Waals surface area contributed by atoms with Crippen LogP contribution in [0.1, 0.15) is 17.2 Å². The van der Waals surface area contributed by atoms with Crippen LogP contribution in [0.2, 0.25) is 0 Å². The predicted octanol–water partition coefficient (Wildman–Crippen LogP) is 0.626. The highest BCUT2D eigenvalue weighted by Crippen LogP contribution is 2.41. The van der Waals surface area contributed by atoms with Gasteiger partial charge in [0.1, 0.15) is 18.0 Å². The summed E-state index contributed by atoms with van der Waals surface area (Å²) in [6.45, 7) is 0.269. The Bertz CT molecular complexity index is 1130. The summed E-state index contributed by atoms with van der Waals surface area (Å²) < 4.78 is 28.1. The minimum Gasteiger partial charge on any atom is -0.496 e. The van der Waals surface area contributed by atoms with Crippen molar-refractivity contribution in [2.75, 3.05) is 35.2 Å². The van der Waals surface area contributed by atoms with Crippen molar-refractivity contribution in [3.05, 3.63) is 45.8 Å². The van der Waals surface area contributed by atoms with E-state index in [0.29, 0.717) is 11.5 Å². The molecular formula is C22H22NO5+. The average molecular weight is 380 g/mol. The lowest BCUT2D eigenvalue weighted by molar-refractivity contribution is -0.821. The normalized spacial score (nSPS) is 20.6. The van der Waals surface area contributed by atoms with Crippen molar-refractivity contribution in [3.63, 3.8) is 0 Å². The first-order valence-corrected chi connectivity index (χ1v) is 9.16. The largest absolute Gasteiger partial charge is 0.496 e. The van der Waals surface area contributed by atoms with Gasteiger partial charge in [-0.1, -0.05) is 12.2 Å². The van der Waals surface area contributed by atoms with Gasteiger partial charge in [0.15, 0.2) is 23.0 Å². The fourth-order valence-corrected chi connectivity index (χ4v) is 4.43. The van der Waals surface area contributed by atoms with Crippen LogP contribution in [0, 0.1) is 0 Å². The van der Waals surface area contributed by atoms with Crippen molar-refractivity contribution in [3.8, 4) is 28.7 Å². The molecule has 144 valence electrons. The maximum absolute atomic E-state index is 5.74. The van der Waals surface area contributed by atoms with Gasteiger partial charge in [0.25, 0.3) is 0 Å². The zero-order chi connectivity index (χ0) is 19.4. The number of quaternary nitrogens is 1. The molecule has 2 heterocycles. The third-order valence-corrected chi connectivity index (χ3v) is 5.65. The Hall–Kier alpha value is -3.12. The Morgan fingerprint density at radius 3 is 2.39 bits per heavy atom. The Labute approximate surface area is 162 Å². The minimum absolute atomic E-state index is 0.119. The molecule has 6 nitrogen and oxygen atoms in total. The molecule has 0 radical (unpaired) electrons. The van der Waals surface area contributed by atoms with Crippen molar-refractivity contribution >= 4 is 17.8 Å². The van der Waals surface area contributed by atoms with Gasteiger partial charge in [-0.05, 0) is 17.7 Å². The number of hydrogen-bond donors (Lipinski definition) is 1. The van der Waals surface area contributed by atoms with Crippen LogP contribution in [0.4, 0.5) is 0 Å². The molecule has 2 aliphatic heterocycles. The summed E-state index contributed by atoms with van der Waals surface area (Å²) in [5, 5.41) is 2.02. The van der Waals surface area contributed by atoms with Gasteiger partial charge >= 0.3 is 0 Å². The lowest BCUT2D eigenvalue weighted by Crippen LogP contribution is -3.06. The SMILES string of the molecule is COc1cc(OC)c2c(c1OC)=C[NH+](C)C1C=2C=Cc2cc3c(cc21)OCO3. The molecule has 2 aromatic carbocycles. The fourth-order valence-electron chi connectivity index (χ4n) is 4.43. The molecule has 2 aromatic rings. The van der Waals surface area contributed by atoms with Crippen LogP contribution in [0.5, 0.6) is 28.7 Å². The molecule has 0 spiro atoms. The summed E-state index contributed by atoms with van der Waals surface area (Å²) in [4.78, 5) is 1.22. The van der Waals surface area contributed by atoms with E-state index in [0.717, 1.165) is 33.2 Å². The molecule has 0 aromatic heterocycles. The van der Waals surface area contributed by atoms with Crippen LogP contribution in [0.25, 0.3) is 17.8 Å². The molecule has 0 amide bonds. The molecule has 2 unspecified atom stereocenters. The van der Waals surface area contributed by atoms with Gasteiger partial charge in [-0.2, -0.15) is 0 Å². The summed E-state index contributed by atoms with van der Waals surface area (Å²) in [6, 6.07) is 6.16. The predicted molar refractivity (Wildman–Crippen MR) is 104 cm³/mol. The number of rotatable bonds is 3. The molecule has 0 saturated carbocycles. The molecule has 28 heavy (non-hydrogen) atoms. The topological polar surface area (TPSA) is 50.6 Å². The van der Waals surface area contributed by atoms with E-state index in [1.54, 1.807) is 21.3 Å². The quantitative estimate of drug-likeness (QED) is 0.847. The summed E-state index contributed by atoms with van der Waals surface area (Å²) in [5.74, 6) is 3.74. The Morgan fingerprint density at radius 1 is 0.929 bits per heavy atom. The Morgan fingerprint density at radius 2 is 1.68 bits per heavy atom. The van der Waals surface area contributed by atoms with Gasteiger partial charge < -0.3 is 28.6 Å². The molecule has 0 fully saturated rings. The Kier molecular flexibility index (Phi) is 3.77. The first-order chi connectivity index (χ1) is 13.7. The molecule has 2 atom stereocenters. The van der Waals surface area contributed by atoms with Crippen LogP contribution in [0.3, 0.4) is 0 Å². The van der Waals surface area contributed by atoms with E-state index in [2.05, 4.69) is 37.5 Å². The number of fused-ring (bicyclic) bond motifs is 5. The third kappa shape index (κ3) is 2.24. The summed E-state index contributed by atoms with van der Waals surface area (Å²) in [7, 11) is 7.13. The van der Waals surface area contributed by atoms with E-state index < -0.39 is 0 Å². The zero-order valence-corrected chi connectivity index (χ0v) is 16.3. The number of nitrogens with one attached hydrogen (secondary N) is 1. The highest BCUT2D eigenvalue weighted by molar-refractivity contribution is 5.81. The maximum Gasteiger partial charge on any atom is 0.231 e. The smallest absolute Gasteiger partial charge is 0.231 e. The molecule has 1 aliphatic carbocycles. The van der Waals surface area contributed by atoms with Gasteiger partial charge in [-0.25, -0.2) is 0 Å². The second-order valence-electron chi connectivity index (χ2n) is 7.05. The van der Waals surface area contributed by atoms with E-state index in [4.69, 9.17) is 23.7 Å². The lowest BCUT2D eigenvalue weighted by atomic mass is 9.84. The number of ether oxygens (including phenoxy) is 5. The number of benzene rings is 2. The summed E-state index contributed by atoms with van der Waals surface area (Å²) in [5.41, 5.74) is 3.53. The van der Waals surface area contributed by atoms with E-state index in [1.165, 1.54) is 16.0 Å². The first-order valence-electron chi connectivity index (χ1n) is 9.16. The van der Waals surface area contributed by atoms with Gasteiger partial charge in [0.05, 0.1) is 33.6 Å². The molecule has 6 heteroatoms. The van der Waals surface area contributed by atoms with Crippen LogP contribution < -0.4 is 39.0 Å². The monoisotopic (exact) mass is 380 g/mol. The van der Waals surface area contributed by atoms with Gasteiger partial charge in [-0.15, -0.1) is 0 Å². The first kappa shape index (κ1) is 17.0. The van der Waals surface area contributed by atoms with E-state index in [9.17, 15) is 0 Å². The van der Waals surface area contributed by atoms with Gasteiger partial charge in [0.2, 0.25) is 6.79 Å². The molecule has 3 aliphatic rings. The molecule has 5 rings (SSSR count). The van der Waals surface area contributed by atoms with Crippen molar-refractivity contribution in [2.24, 2.45) is 0 Å². The van der Waals surface area contributed by atoms with Crippen molar-refractivity contribution < 1.29 is 28.6 Å². The molecule has 0 saturated heterocycles. The minimum atomic E-state index is 0.119. The summed E-state index contributed by atoms with van der Waals surface area (Å²) in [6.07, 6.45) is 6.46. The third-order valence-electron chi connectivity index (χ3n) is 5.65. The zero-order valence-electron chi connectivity index (χ0n) is 16.3. The second-order valence-corrected chi connectivity index (χ2v) is 7.05. The number of methoxy groups -OCH3 is 3. The molecule has 1 N–H and O–H groups in total. The van der Waals surface area contributed by atoms with Gasteiger partial charge in [-0.3, -0.25) is 0 Å². The van der Waals surface area contributed by atoms with Crippen LogP contribution in [0.15, 0.2) is 24.3 Å². The maximum atomic E-state index is 5.74. The standard InChI is InChI=1S/C22H21NO5/c1-23-10-15-20(18(24-2)9-19(25-3)22(15)26-4)13-6-5-12-7-16-17(28-11-27-16)8-14(12)21(13)23/h5-10,21H,11H2,1-4H3/p+1. The van der Waals surface area contributed by atoms with Gasteiger partial charge in [0, 0.05) is 22.4 Å².